The molecule has 110 valence electrons. The molecule has 1 rings (SSSR count). The largest absolute Gasteiger partial charge is 0.326 e. The first-order chi connectivity index (χ1) is 9.43. The number of amides is 2. The lowest BCUT2D eigenvalue weighted by molar-refractivity contribution is -0.117. The molecule has 5 nitrogen and oxygen atoms in total. The Morgan fingerprint density at radius 3 is 2.65 bits per heavy atom. The summed E-state index contributed by atoms with van der Waals surface area (Å²) in [5, 5.41) is 5.49. The minimum atomic E-state index is -0.522. The zero-order valence-corrected chi connectivity index (χ0v) is 12.8. The van der Waals surface area contributed by atoms with Gasteiger partial charge < -0.3 is 16.4 Å². The third-order valence-corrected chi connectivity index (χ3v) is 3.43. The molecule has 0 radical (unpaired) electrons. The van der Waals surface area contributed by atoms with Crippen molar-refractivity contribution in [3.63, 3.8) is 0 Å². The van der Waals surface area contributed by atoms with Crippen molar-refractivity contribution in [2.45, 2.75) is 26.3 Å². The molecule has 0 aromatic heterocycles. The summed E-state index contributed by atoms with van der Waals surface area (Å²) >= 11 is 1.66. The third-order valence-electron chi connectivity index (χ3n) is 2.79. The number of hydrogen-bond acceptors (Lipinski definition) is 4. The number of rotatable bonds is 6. The first kappa shape index (κ1) is 16.5. The number of nitrogens with one attached hydrogen (secondary N) is 2. The van der Waals surface area contributed by atoms with E-state index in [0.717, 1.165) is 11.3 Å². The zero-order valence-electron chi connectivity index (χ0n) is 12.0. The first-order valence-electron chi connectivity index (χ1n) is 6.37. The van der Waals surface area contributed by atoms with Crippen LogP contribution in [0.15, 0.2) is 18.2 Å². The lowest BCUT2D eigenvalue weighted by Gasteiger charge is -2.14. The topological polar surface area (TPSA) is 84.2 Å². The van der Waals surface area contributed by atoms with Crippen LogP contribution in [-0.4, -0.2) is 29.9 Å². The second kappa shape index (κ2) is 7.91. The molecule has 0 aliphatic carbocycles. The monoisotopic (exact) mass is 295 g/mol. The molecule has 0 bridgehead atoms. The smallest absolute Gasteiger partial charge is 0.241 e. The van der Waals surface area contributed by atoms with Crippen molar-refractivity contribution >= 4 is 35.0 Å². The highest BCUT2D eigenvalue weighted by atomic mass is 32.2. The maximum absolute atomic E-state index is 12.0. The molecule has 1 aromatic carbocycles. The van der Waals surface area contributed by atoms with E-state index in [9.17, 15) is 9.59 Å². The molecule has 2 amide bonds. The molecule has 20 heavy (non-hydrogen) atoms. The van der Waals surface area contributed by atoms with Crippen molar-refractivity contribution < 1.29 is 9.59 Å². The van der Waals surface area contributed by atoms with E-state index in [-0.39, 0.29) is 11.8 Å². The quantitative estimate of drug-likeness (QED) is 0.749. The lowest BCUT2D eigenvalue weighted by Crippen LogP contribution is -2.36. The van der Waals surface area contributed by atoms with Gasteiger partial charge in [0, 0.05) is 18.3 Å². The first-order valence-corrected chi connectivity index (χ1v) is 7.77. The fourth-order valence-corrected chi connectivity index (χ4v) is 2.13. The number of benzene rings is 1. The van der Waals surface area contributed by atoms with Crippen molar-refractivity contribution in [2.75, 3.05) is 22.6 Å². The molecule has 4 N–H and O–H groups in total. The maximum Gasteiger partial charge on any atom is 0.241 e. The molecule has 1 atom stereocenters. The minimum Gasteiger partial charge on any atom is -0.326 e. The van der Waals surface area contributed by atoms with Crippen molar-refractivity contribution in [2.24, 2.45) is 5.73 Å². The number of anilines is 2. The summed E-state index contributed by atoms with van der Waals surface area (Å²) in [6.07, 6.45) is 2.61. The van der Waals surface area contributed by atoms with Gasteiger partial charge in [-0.3, -0.25) is 9.59 Å². The maximum atomic E-state index is 12.0. The number of aryl methyl sites for hydroxylation is 1. The van der Waals surface area contributed by atoms with E-state index in [0.29, 0.717) is 17.8 Å². The van der Waals surface area contributed by atoms with Gasteiger partial charge in [0.1, 0.15) is 0 Å². The van der Waals surface area contributed by atoms with Crippen molar-refractivity contribution in [1.29, 1.82) is 0 Å². The van der Waals surface area contributed by atoms with Gasteiger partial charge in [-0.2, -0.15) is 11.8 Å². The van der Waals surface area contributed by atoms with E-state index in [1.54, 1.807) is 23.9 Å². The number of nitrogens with two attached hydrogens (primary N) is 1. The summed E-state index contributed by atoms with van der Waals surface area (Å²) < 4.78 is 0. The van der Waals surface area contributed by atoms with Crippen LogP contribution in [0.25, 0.3) is 0 Å². The predicted octanol–water partition coefficient (Wildman–Crippen LogP) is 1.97. The van der Waals surface area contributed by atoms with Crippen LogP contribution < -0.4 is 16.4 Å². The Labute approximate surface area is 123 Å². The van der Waals surface area contributed by atoms with Crippen LogP contribution in [0.2, 0.25) is 0 Å². The standard InChI is InChI=1S/C14H21N3O2S/c1-9-4-5-11(16-10(2)18)8-13(9)17-14(19)12(15)6-7-20-3/h4-5,8,12H,6-7,15H2,1-3H3,(H,16,18)(H,17,19)/t12-/m1/s1. The Hall–Kier alpha value is -1.53. The summed E-state index contributed by atoms with van der Waals surface area (Å²) in [4.78, 5) is 23.0. The highest BCUT2D eigenvalue weighted by Gasteiger charge is 2.14. The van der Waals surface area contributed by atoms with E-state index in [4.69, 9.17) is 5.73 Å². The molecule has 0 aliphatic heterocycles. The van der Waals surface area contributed by atoms with Crippen LogP contribution >= 0.6 is 11.8 Å². The van der Waals surface area contributed by atoms with Gasteiger partial charge in [-0.05, 0) is 43.0 Å². The average Bonchev–Trinajstić information content (AvgIpc) is 2.39. The average molecular weight is 295 g/mol. The Morgan fingerprint density at radius 2 is 2.05 bits per heavy atom. The molecule has 0 heterocycles. The SMILES string of the molecule is CSCC[C@@H](N)C(=O)Nc1cc(NC(C)=O)ccc1C. The molecule has 6 heteroatoms. The summed E-state index contributed by atoms with van der Waals surface area (Å²) in [6.45, 7) is 3.33. The second-order valence-electron chi connectivity index (χ2n) is 4.59. The summed E-state index contributed by atoms with van der Waals surface area (Å²) in [5.74, 6) is 0.490. The van der Waals surface area contributed by atoms with E-state index >= 15 is 0 Å². The fourth-order valence-electron chi connectivity index (χ4n) is 1.64. The second-order valence-corrected chi connectivity index (χ2v) is 5.57. The van der Waals surface area contributed by atoms with Crippen molar-refractivity contribution in [1.82, 2.24) is 0 Å². The summed E-state index contributed by atoms with van der Waals surface area (Å²) in [7, 11) is 0. The van der Waals surface area contributed by atoms with Gasteiger partial charge in [0.15, 0.2) is 0 Å². The van der Waals surface area contributed by atoms with Crippen molar-refractivity contribution in [3.8, 4) is 0 Å². The van der Waals surface area contributed by atoms with Crippen LogP contribution in [0.4, 0.5) is 11.4 Å². The molecule has 0 spiro atoms. The minimum absolute atomic E-state index is 0.150. The van der Waals surface area contributed by atoms with Crippen LogP contribution in [-0.2, 0) is 9.59 Å². The van der Waals surface area contributed by atoms with Crippen LogP contribution in [0.3, 0.4) is 0 Å². The van der Waals surface area contributed by atoms with Crippen molar-refractivity contribution in [3.05, 3.63) is 23.8 Å². The molecular weight excluding hydrogens is 274 g/mol. The number of thioether (sulfide) groups is 1. The lowest BCUT2D eigenvalue weighted by atomic mass is 10.1. The van der Waals surface area contributed by atoms with Gasteiger partial charge >= 0.3 is 0 Å². The van der Waals surface area contributed by atoms with Gasteiger partial charge in [0.05, 0.1) is 6.04 Å². The highest BCUT2D eigenvalue weighted by Crippen LogP contribution is 2.20. The zero-order chi connectivity index (χ0) is 15.1. The van der Waals surface area contributed by atoms with Crippen LogP contribution in [0.1, 0.15) is 18.9 Å². The van der Waals surface area contributed by atoms with E-state index < -0.39 is 6.04 Å². The number of carbonyl (C=O) groups excluding carboxylic acids is 2. The molecule has 1 aromatic rings. The van der Waals surface area contributed by atoms with Crippen LogP contribution in [0, 0.1) is 6.92 Å². The Morgan fingerprint density at radius 1 is 1.35 bits per heavy atom. The molecule has 0 fully saturated rings. The Kier molecular flexibility index (Phi) is 6.54. The molecular formula is C14H21N3O2S. The van der Waals surface area contributed by atoms with Gasteiger partial charge in [-0.15, -0.1) is 0 Å². The summed E-state index contributed by atoms with van der Waals surface area (Å²) in [5.41, 5.74) is 8.06. The van der Waals surface area contributed by atoms with Crippen LogP contribution in [0.5, 0.6) is 0 Å². The van der Waals surface area contributed by atoms with Gasteiger partial charge in [-0.25, -0.2) is 0 Å². The molecule has 0 saturated carbocycles. The Balaban J connectivity index is 2.75. The van der Waals surface area contributed by atoms with Gasteiger partial charge in [0.25, 0.3) is 0 Å². The summed E-state index contributed by atoms with van der Waals surface area (Å²) in [6, 6.07) is 4.84. The molecule has 0 aliphatic rings. The predicted molar refractivity (Wildman–Crippen MR) is 85.1 cm³/mol. The third kappa shape index (κ3) is 5.22. The number of hydrogen-bond donors (Lipinski definition) is 3. The fraction of sp³-hybridized carbons (Fsp3) is 0.429. The molecule has 0 saturated heterocycles. The number of carbonyl (C=O) groups is 2. The Bertz CT molecular complexity index is 491. The van der Waals surface area contributed by atoms with E-state index in [1.807, 2.05) is 19.2 Å². The van der Waals surface area contributed by atoms with Gasteiger partial charge in [0.2, 0.25) is 11.8 Å². The molecule has 0 unspecified atom stereocenters. The van der Waals surface area contributed by atoms with E-state index in [1.165, 1.54) is 6.92 Å². The van der Waals surface area contributed by atoms with E-state index in [2.05, 4.69) is 10.6 Å². The van der Waals surface area contributed by atoms with Gasteiger partial charge in [-0.1, -0.05) is 6.07 Å². The normalized spacial score (nSPS) is 11.8. The highest BCUT2D eigenvalue weighted by molar-refractivity contribution is 7.98.